The van der Waals surface area contributed by atoms with Gasteiger partial charge in [-0.15, -0.1) is 13.2 Å². The predicted molar refractivity (Wildman–Crippen MR) is 146 cm³/mol. The fourth-order valence-corrected chi connectivity index (χ4v) is 3.30. The van der Waals surface area contributed by atoms with Gasteiger partial charge in [0.1, 0.15) is 17.9 Å². The summed E-state index contributed by atoms with van der Waals surface area (Å²) in [5.74, 6) is 0.239. The average Bonchev–Trinajstić information content (AvgIpc) is 2.85. The summed E-state index contributed by atoms with van der Waals surface area (Å²) in [6, 6.07) is 20.2. The van der Waals surface area contributed by atoms with E-state index in [0.29, 0.717) is 22.3 Å². The first-order valence-electron chi connectivity index (χ1n) is 11.1. The Morgan fingerprint density at radius 3 is 2.32 bits per heavy atom. The van der Waals surface area contributed by atoms with Crippen LogP contribution in [0.1, 0.15) is 36.5 Å². The summed E-state index contributed by atoms with van der Waals surface area (Å²) in [4.78, 5) is 8.12. The second kappa shape index (κ2) is 12.6. The van der Waals surface area contributed by atoms with E-state index in [1.807, 2.05) is 30.3 Å². The lowest BCUT2D eigenvalue weighted by atomic mass is 10.0. The van der Waals surface area contributed by atoms with Crippen LogP contribution in [0.25, 0.3) is 0 Å². The van der Waals surface area contributed by atoms with Crippen molar-refractivity contribution in [3.63, 3.8) is 0 Å². The van der Waals surface area contributed by atoms with Crippen molar-refractivity contribution in [1.82, 2.24) is 5.43 Å². The van der Waals surface area contributed by atoms with Crippen LogP contribution in [0.2, 0.25) is 0 Å². The fourth-order valence-electron chi connectivity index (χ4n) is 3.14. The molecule has 0 aliphatic heterocycles. The Kier molecular flexibility index (Phi) is 9.33. The number of amidine groups is 1. The van der Waals surface area contributed by atoms with Crippen molar-refractivity contribution >= 4 is 47.1 Å². The molecule has 192 valence electrons. The number of hydrazone groups is 1. The van der Waals surface area contributed by atoms with E-state index in [1.54, 1.807) is 18.3 Å². The van der Waals surface area contributed by atoms with E-state index in [9.17, 15) is 13.2 Å². The van der Waals surface area contributed by atoms with E-state index in [4.69, 9.17) is 18.0 Å². The first-order valence-corrected chi connectivity index (χ1v) is 11.5. The molecule has 3 aromatic carbocycles. The number of alkyl halides is 3. The molecule has 3 rings (SSSR count). The Balaban J connectivity index is 1.52. The number of hydrogen-bond acceptors (Lipinski definition) is 4. The van der Waals surface area contributed by atoms with Crippen LogP contribution in [0.3, 0.4) is 0 Å². The lowest BCUT2D eigenvalue weighted by molar-refractivity contribution is -0.274. The number of nitrogens with two attached hydrogens (primary N) is 1. The molecule has 0 saturated heterocycles. The molecule has 0 aromatic heterocycles. The molecule has 4 N–H and O–H groups in total. The van der Waals surface area contributed by atoms with Gasteiger partial charge in [-0.1, -0.05) is 56.3 Å². The molecule has 3 aromatic rings. The molecule has 0 aliphatic carbocycles. The minimum absolute atomic E-state index is 0.219. The summed E-state index contributed by atoms with van der Waals surface area (Å²) in [5, 5.41) is 7.69. The second-order valence-corrected chi connectivity index (χ2v) is 8.40. The van der Waals surface area contributed by atoms with E-state index >= 15 is 0 Å². The molecule has 0 aliphatic rings. The van der Waals surface area contributed by atoms with Gasteiger partial charge in [-0.05, 0) is 59.6 Å². The van der Waals surface area contributed by atoms with Crippen molar-refractivity contribution in [2.24, 2.45) is 20.8 Å². The number of para-hydroxylation sites is 1. The van der Waals surface area contributed by atoms with Gasteiger partial charge in [-0.3, -0.25) is 5.43 Å². The molecule has 0 amide bonds. The Morgan fingerprint density at radius 2 is 1.68 bits per heavy atom. The second-order valence-electron chi connectivity index (χ2n) is 7.99. The number of ether oxygens (including phenoxy) is 1. The topological polar surface area (TPSA) is 96.4 Å². The average molecular weight is 527 g/mol. The number of nitrogens with zero attached hydrogens (tertiary/aromatic N) is 3. The van der Waals surface area contributed by atoms with E-state index in [2.05, 4.69) is 50.5 Å². The van der Waals surface area contributed by atoms with Crippen molar-refractivity contribution in [2.75, 3.05) is 5.32 Å². The summed E-state index contributed by atoms with van der Waals surface area (Å²) in [6.07, 6.45) is -1.90. The van der Waals surface area contributed by atoms with E-state index < -0.39 is 6.36 Å². The number of halogens is 3. The van der Waals surface area contributed by atoms with Crippen molar-refractivity contribution in [1.29, 1.82) is 0 Å². The third-order valence-electron chi connectivity index (χ3n) is 4.89. The first kappa shape index (κ1) is 27.3. The maximum absolute atomic E-state index is 12.2. The van der Waals surface area contributed by atoms with Gasteiger partial charge in [0.05, 0.1) is 11.9 Å². The number of aliphatic imine (C=N–C) groups is 2. The molecule has 0 saturated carbocycles. The zero-order chi connectivity index (χ0) is 26.8. The van der Waals surface area contributed by atoms with E-state index in [0.717, 1.165) is 28.9 Å². The minimum atomic E-state index is -4.74. The zero-order valence-corrected chi connectivity index (χ0v) is 20.8. The van der Waals surface area contributed by atoms with Crippen LogP contribution in [-0.4, -0.2) is 29.9 Å². The lowest BCUT2D eigenvalue weighted by Gasteiger charge is -2.14. The molecular formula is C26H25F3N6OS. The predicted octanol–water partition coefficient (Wildman–Crippen LogP) is 6.09. The summed E-state index contributed by atoms with van der Waals surface area (Å²) >= 11 is 5.32. The van der Waals surface area contributed by atoms with Crippen LogP contribution in [0.4, 0.5) is 24.5 Å². The third kappa shape index (κ3) is 9.04. The number of nitrogens with one attached hydrogen (secondary N) is 2. The van der Waals surface area contributed by atoms with Gasteiger partial charge in [0.25, 0.3) is 0 Å². The van der Waals surface area contributed by atoms with Gasteiger partial charge < -0.3 is 15.8 Å². The lowest BCUT2D eigenvalue weighted by Crippen LogP contribution is -2.24. The molecule has 37 heavy (non-hydrogen) atoms. The molecule has 0 atom stereocenters. The highest BCUT2D eigenvalue weighted by Gasteiger charge is 2.30. The number of thiocarbonyl (C=S) groups is 1. The Hall–Kier alpha value is -4.25. The minimum Gasteiger partial charge on any atom is -0.406 e. The van der Waals surface area contributed by atoms with Crippen molar-refractivity contribution < 1.29 is 17.9 Å². The highest BCUT2D eigenvalue weighted by atomic mass is 32.1. The number of hydrogen-bond donors (Lipinski definition) is 3. The van der Waals surface area contributed by atoms with Gasteiger partial charge in [0.15, 0.2) is 5.11 Å². The standard InChI is InChI=1S/C26H25F3N6OS/c1-17(2)22-5-3-4-6-23(22)34-25(37)35-33-15-18-7-9-19(10-8-18)24(30)32-16-31-20-11-13-21(14-12-20)36-26(27,28)29/h3-17H,1-2H3,(H2,30,31,32)(H2,34,35,37)/b33-15+. The zero-order valence-electron chi connectivity index (χ0n) is 20.0. The fraction of sp³-hybridized carbons (Fsp3) is 0.154. The number of rotatable bonds is 8. The quantitative estimate of drug-likeness (QED) is 0.143. The highest BCUT2D eigenvalue weighted by Crippen LogP contribution is 2.25. The van der Waals surface area contributed by atoms with Crippen molar-refractivity contribution in [2.45, 2.75) is 26.1 Å². The Morgan fingerprint density at radius 1 is 1.00 bits per heavy atom. The summed E-state index contributed by atoms with van der Waals surface area (Å²) in [6.45, 7) is 4.23. The molecule has 0 spiro atoms. The van der Waals surface area contributed by atoms with Crippen molar-refractivity contribution in [3.05, 3.63) is 89.5 Å². The highest BCUT2D eigenvalue weighted by molar-refractivity contribution is 7.80. The van der Waals surface area contributed by atoms with Gasteiger partial charge in [-0.25, -0.2) is 9.98 Å². The van der Waals surface area contributed by atoms with E-state index in [-0.39, 0.29) is 11.6 Å². The van der Waals surface area contributed by atoms with Crippen LogP contribution in [0.15, 0.2) is 87.9 Å². The molecule has 11 heteroatoms. The molecule has 7 nitrogen and oxygen atoms in total. The van der Waals surface area contributed by atoms with Crippen LogP contribution < -0.4 is 21.2 Å². The SMILES string of the molecule is CC(C)c1ccccc1NC(=S)N/N=C/c1ccc(C(N)=NC=Nc2ccc(OC(F)(F)F)cc2)cc1. The maximum atomic E-state index is 12.2. The number of benzene rings is 3. The smallest absolute Gasteiger partial charge is 0.406 e. The number of anilines is 1. The normalized spacial score (nSPS) is 12.3. The monoisotopic (exact) mass is 526 g/mol. The molecule has 0 heterocycles. The van der Waals surface area contributed by atoms with Gasteiger partial charge >= 0.3 is 6.36 Å². The van der Waals surface area contributed by atoms with Crippen LogP contribution in [0.5, 0.6) is 5.75 Å². The third-order valence-corrected chi connectivity index (χ3v) is 5.08. The molecule has 0 bridgehead atoms. The van der Waals surface area contributed by atoms with E-state index in [1.165, 1.54) is 18.5 Å². The Labute approximate surface area is 218 Å². The first-order chi connectivity index (χ1) is 17.6. The Bertz CT molecular complexity index is 1290. The molecule has 0 radical (unpaired) electrons. The summed E-state index contributed by atoms with van der Waals surface area (Å²) < 4.78 is 40.5. The van der Waals surface area contributed by atoms with Crippen molar-refractivity contribution in [3.8, 4) is 5.75 Å². The van der Waals surface area contributed by atoms with Crippen LogP contribution in [-0.2, 0) is 0 Å². The van der Waals surface area contributed by atoms with Crippen LogP contribution >= 0.6 is 12.2 Å². The maximum Gasteiger partial charge on any atom is 0.573 e. The van der Waals surface area contributed by atoms with Gasteiger partial charge in [-0.2, -0.15) is 5.10 Å². The summed E-state index contributed by atoms with van der Waals surface area (Å²) in [7, 11) is 0. The van der Waals surface area contributed by atoms with Crippen LogP contribution in [0, 0.1) is 0 Å². The molecular weight excluding hydrogens is 501 g/mol. The van der Waals surface area contributed by atoms with Gasteiger partial charge in [0, 0.05) is 11.3 Å². The molecule has 0 unspecified atom stereocenters. The summed E-state index contributed by atoms with van der Waals surface area (Å²) in [5.41, 5.74) is 12.7. The van der Waals surface area contributed by atoms with Gasteiger partial charge in [0.2, 0.25) is 0 Å². The molecule has 0 fully saturated rings. The largest absolute Gasteiger partial charge is 0.573 e.